The molecular formula is C20H28N2O4. The molecule has 2 heterocycles. The van der Waals surface area contributed by atoms with Gasteiger partial charge in [-0.2, -0.15) is 0 Å². The highest BCUT2D eigenvalue weighted by atomic mass is 16.5. The number of fused-ring (bicyclic) bond motifs is 1. The smallest absolute Gasteiger partial charge is 0.287 e. The van der Waals surface area contributed by atoms with E-state index in [4.69, 9.17) is 13.9 Å². The van der Waals surface area contributed by atoms with Crippen LogP contribution >= 0.6 is 0 Å². The van der Waals surface area contributed by atoms with E-state index in [1.807, 2.05) is 25.1 Å². The van der Waals surface area contributed by atoms with Gasteiger partial charge in [0.2, 0.25) is 0 Å². The van der Waals surface area contributed by atoms with Gasteiger partial charge < -0.3 is 19.2 Å². The van der Waals surface area contributed by atoms with Crippen molar-refractivity contribution in [1.29, 1.82) is 0 Å². The number of nitrogens with one attached hydrogen (secondary N) is 1. The van der Waals surface area contributed by atoms with Crippen LogP contribution in [0.4, 0.5) is 0 Å². The zero-order chi connectivity index (χ0) is 18.7. The standard InChI is InChI=1S/C20H28N2O4/c1-13-11-22(12-14(2)25-13)9-5-8-21-20(23)19-15(3)17-10-16(24-4)6-7-18(17)26-19/h6-7,10,13-14H,5,8-9,11-12H2,1-4H3,(H,21,23). The van der Waals surface area contributed by atoms with Crippen LogP contribution < -0.4 is 10.1 Å². The maximum atomic E-state index is 12.5. The van der Waals surface area contributed by atoms with Crippen molar-refractivity contribution in [3.05, 3.63) is 29.5 Å². The maximum absolute atomic E-state index is 12.5. The summed E-state index contributed by atoms with van der Waals surface area (Å²) in [6.45, 7) is 9.57. The van der Waals surface area contributed by atoms with E-state index in [-0.39, 0.29) is 18.1 Å². The normalized spacial score (nSPS) is 21.1. The van der Waals surface area contributed by atoms with Crippen molar-refractivity contribution >= 4 is 16.9 Å². The van der Waals surface area contributed by atoms with Gasteiger partial charge in [0.05, 0.1) is 19.3 Å². The highest BCUT2D eigenvalue weighted by molar-refractivity contribution is 5.99. The molecule has 3 rings (SSSR count). The minimum Gasteiger partial charge on any atom is -0.497 e. The Morgan fingerprint density at radius 3 is 2.73 bits per heavy atom. The lowest BCUT2D eigenvalue weighted by Gasteiger charge is -2.35. The topological polar surface area (TPSA) is 63.9 Å². The average molecular weight is 360 g/mol. The Morgan fingerprint density at radius 1 is 1.31 bits per heavy atom. The Balaban J connectivity index is 1.54. The molecule has 2 aromatic rings. The van der Waals surface area contributed by atoms with E-state index in [0.717, 1.165) is 42.8 Å². The summed E-state index contributed by atoms with van der Waals surface area (Å²) in [6.07, 6.45) is 1.44. The highest BCUT2D eigenvalue weighted by Crippen LogP contribution is 2.28. The van der Waals surface area contributed by atoms with Crippen LogP contribution in [0.25, 0.3) is 11.0 Å². The van der Waals surface area contributed by atoms with Gasteiger partial charge in [0.15, 0.2) is 5.76 Å². The first-order chi connectivity index (χ1) is 12.5. The zero-order valence-corrected chi connectivity index (χ0v) is 16.0. The van der Waals surface area contributed by atoms with Crippen molar-refractivity contribution in [3.8, 4) is 5.75 Å². The molecule has 1 aromatic heterocycles. The van der Waals surface area contributed by atoms with Crippen molar-refractivity contribution in [3.63, 3.8) is 0 Å². The van der Waals surface area contributed by atoms with Crippen molar-refractivity contribution in [2.75, 3.05) is 33.3 Å². The number of hydrogen-bond donors (Lipinski definition) is 1. The molecule has 6 heteroatoms. The minimum atomic E-state index is -0.165. The molecule has 26 heavy (non-hydrogen) atoms. The van der Waals surface area contributed by atoms with Gasteiger partial charge in [-0.3, -0.25) is 9.69 Å². The molecule has 1 amide bonds. The van der Waals surface area contributed by atoms with Gasteiger partial charge in [0, 0.05) is 37.1 Å². The van der Waals surface area contributed by atoms with E-state index < -0.39 is 0 Å². The molecule has 0 bridgehead atoms. The van der Waals surface area contributed by atoms with Gasteiger partial charge in [0.1, 0.15) is 11.3 Å². The van der Waals surface area contributed by atoms with Crippen molar-refractivity contribution in [2.24, 2.45) is 0 Å². The lowest BCUT2D eigenvalue weighted by atomic mass is 10.1. The number of methoxy groups -OCH3 is 1. The third kappa shape index (κ3) is 4.19. The van der Waals surface area contributed by atoms with E-state index in [1.54, 1.807) is 7.11 Å². The molecule has 0 radical (unpaired) electrons. The van der Waals surface area contributed by atoms with E-state index in [1.165, 1.54) is 0 Å². The molecular weight excluding hydrogens is 332 g/mol. The first kappa shape index (κ1) is 18.7. The van der Waals surface area contributed by atoms with Gasteiger partial charge >= 0.3 is 0 Å². The lowest BCUT2D eigenvalue weighted by Crippen LogP contribution is -2.46. The largest absolute Gasteiger partial charge is 0.497 e. The second-order valence-electron chi connectivity index (χ2n) is 7.04. The molecule has 142 valence electrons. The van der Waals surface area contributed by atoms with Crippen LogP contribution in [0.1, 0.15) is 36.4 Å². The number of aryl methyl sites for hydroxylation is 1. The van der Waals surface area contributed by atoms with Gasteiger partial charge in [-0.1, -0.05) is 0 Å². The van der Waals surface area contributed by atoms with E-state index in [9.17, 15) is 4.79 Å². The molecule has 0 spiro atoms. The molecule has 2 unspecified atom stereocenters. The Morgan fingerprint density at radius 2 is 2.04 bits per heavy atom. The fraction of sp³-hybridized carbons (Fsp3) is 0.550. The monoisotopic (exact) mass is 360 g/mol. The number of benzene rings is 1. The summed E-state index contributed by atoms with van der Waals surface area (Å²) in [5, 5.41) is 3.88. The van der Waals surface area contributed by atoms with E-state index in [0.29, 0.717) is 17.9 Å². The second-order valence-corrected chi connectivity index (χ2v) is 7.04. The zero-order valence-electron chi connectivity index (χ0n) is 16.0. The number of amides is 1. The fourth-order valence-corrected chi connectivity index (χ4v) is 3.60. The summed E-state index contributed by atoms with van der Waals surface area (Å²) >= 11 is 0. The number of carbonyl (C=O) groups is 1. The number of carbonyl (C=O) groups excluding carboxylic acids is 1. The molecule has 2 atom stereocenters. The maximum Gasteiger partial charge on any atom is 0.287 e. The number of rotatable bonds is 6. The van der Waals surface area contributed by atoms with Crippen molar-refractivity contribution < 1.29 is 18.7 Å². The fourth-order valence-electron chi connectivity index (χ4n) is 3.60. The minimum absolute atomic E-state index is 0.165. The van der Waals surface area contributed by atoms with Crippen LogP contribution in [0.5, 0.6) is 5.75 Å². The SMILES string of the molecule is COc1ccc2oc(C(=O)NCCCN3CC(C)OC(C)C3)c(C)c2c1. The highest BCUT2D eigenvalue weighted by Gasteiger charge is 2.22. The van der Waals surface area contributed by atoms with Gasteiger partial charge in [-0.25, -0.2) is 0 Å². The summed E-state index contributed by atoms with van der Waals surface area (Å²) in [5.41, 5.74) is 1.54. The van der Waals surface area contributed by atoms with Gasteiger partial charge in [-0.15, -0.1) is 0 Å². The molecule has 1 fully saturated rings. The summed E-state index contributed by atoms with van der Waals surface area (Å²) < 4.78 is 16.7. The average Bonchev–Trinajstić information content (AvgIpc) is 2.94. The van der Waals surface area contributed by atoms with Gasteiger partial charge in [0.25, 0.3) is 5.91 Å². The number of hydrogen-bond acceptors (Lipinski definition) is 5. The Kier molecular flexibility index (Phi) is 5.84. The van der Waals surface area contributed by atoms with E-state index >= 15 is 0 Å². The molecule has 1 aromatic carbocycles. The Hall–Kier alpha value is -2.05. The van der Waals surface area contributed by atoms with Gasteiger partial charge in [-0.05, 0) is 45.4 Å². The number of nitrogens with zero attached hydrogens (tertiary/aromatic N) is 1. The van der Waals surface area contributed by atoms with Crippen LogP contribution in [0.3, 0.4) is 0 Å². The Bertz CT molecular complexity index is 761. The number of furan rings is 1. The van der Waals surface area contributed by atoms with Crippen molar-refractivity contribution in [2.45, 2.75) is 39.4 Å². The third-order valence-corrected chi connectivity index (χ3v) is 4.78. The molecule has 1 saturated heterocycles. The molecule has 0 aliphatic carbocycles. The lowest BCUT2D eigenvalue weighted by molar-refractivity contribution is -0.0680. The summed E-state index contributed by atoms with van der Waals surface area (Å²) in [5.74, 6) is 0.963. The van der Waals surface area contributed by atoms with E-state index in [2.05, 4.69) is 24.1 Å². The quantitative estimate of drug-likeness (QED) is 0.803. The van der Waals surface area contributed by atoms with Crippen LogP contribution in [0, 0.1) is 6.92 Å². The van der Waals surface area contributed by atoms with Crippen LogP contribution in [0.15, 0.2) is 22.6 Å². The predicted molar refractivity (Wildman–Crippen MR) is 101 cm³/mol. The predicted octanol–water partition coefficient (Wildman–Crippen LogP) is 2.98. The Labute approximate surface area is 154 Å². The van der Waals surface area contributed by atoms with Crippen LogP contribution in [-0.2, 0) is 4.74 Å². The van der Waals surface area contributed by atoms with Crippen molar-refractivity contribution in [1.82, 2.24) is 10.2 Å². The number of ether oxygens (including phenoxy) is 2. The molecule has 1 aliphatic heterocycles. The summed E-state index contributed by atoms with van der Waals surface area (Å²) in [4.78, 5) is 14.9. The van der Waals surface area contributed by atoms with Crippen LogP contribution in [0.2, 0.25) is 0 Å². The summed E-state index contributed by atoms with van der Waals surface area (Å²) in [6, 6.07) is 5.56. The summed E-state index contributed by atoms with van der Waals surface area (Å²) in [7, 11) is 1.63. The molecule has 6 nitrogen and oxygen atoms in total. The first-order valence-electron chi connectivity index (χ1n) is 9.21. The molecule has 1 N–H and O–H groups in total. The molecule has 1 aliphatic rings. The second kappa shape index (κ2) is 8.10. The third-order valence-electron chi connectivity index (χ3n) is 4.78. The van der Waals surface area contributed by atoms with Crippen LogP contribution in [-0.4, -0.2) is 56.3 Å². The molecule has 0 saturated carbocycles. The first-order valence-corrected chi connectivity index (χ1v) is 9.21. The number of morpholine rings is 1.